The van der Waals surface area contributed by atoms with Crippen LogP contribution in [-0.2, 0) is 0 Å². The van der Waals surface area contributed by atoms with Gasteiger partial charge in [-0.15, -0.1) is 0 Å². The minimum absolute atomic E-state index is 0.209. The van der Waals surface area contributed by atoms with Crippen LogP contribution in [0.5, 0.6) is 0 Å². The molecule has 1 unspecified atom stereocenters. The lowest BCUT2D eigenvalue weighted by molar-refractivity contribution is 0.0962. The van der Waals surface area contributed by atoms with Gasteiger partial charge in [0.05, 0.1) is 0 Å². The third-order valence-corrected chi connectivity index (χ3v) is 3.05. The zero-order valence-electron chi connectivity index (χ0n) is 10.2. The molecule has 0 amide bonds. The molecule has 1 atom stereocenters. The van der Waals surface area contributed by atoms with Crippen LogP contribution in [0.3, 0.4) is 0 Å². The molecule has 0 radical (unpaired) electrons. The maximum atomic E-state index is 12.0. The van der Waals surface area contributed by atoms with Crippen molar-refractivity contribution in [2.24, 2.45) is 5.92 Å². The predicted octanol–water partition coefficient (Wildman–Crippen LogP) is 4.66. The Morgan fingerprint density at radius 1 is 1.44 bits per heavy atom. The predicted molar refractivity (Wildman–Crippen MR) is 69.2 cm³/mol. The van der Waals surface area contributed by atoms with Crippen molar-refractivity contribution in [3.05, 3.63) is 34.3 Å². The molecule has 1 aromatic carbocycles. The quantitative estimate of drug-likeness (QED) is 0.682. The van der Waals surface area contributed by atoms with E-state index < -0.39 is 0 Å². The molecule has 0 bridgehead atoms. The molecule has 0 fully saturated rings. The van der Waals surface area contributed by atoms with Gasteiger partial charge in [-0.1, -0.05) is 44.4 Å². The standard InChI is InChI=1S/C14H19ClO/c1-4-5-10(2)8-14(16)13-9-12(15)7-6-11(13)3/h6-7,9-10H,4-5,8H2,1-3H3. The van der Waals surface area contributed by atoms with Gasteiger partial charge in [-0.2, -0.15) is 0 Å². The minimum Gasteiger partial charge on any atom is -0.294 e. The summed E-state index contributed by atoms with van der Waals surface area (Å²) in [6.45, 7) is 6.22. The molecule has 0 aromatic heterocycles. The van der Waals surface area contributed by atoms with Crippen LogP contribution >= 0.6 is 11.6 Å². The van der Waals surface area contributed by atoms with Crippen molar-refractivity contribution in [3.63, 3.8) is 0 Å². The van der Waals surface area contributed by atoms with Crippen molar-refractivity contribution in [1.29, 1.82) is 0 Å². The summed E-state index contributed by atoms with van der Waals surface area (Å²) < 4.78 is 0. The second-order valence-electron chi connectivity index (χ2n) is 4.48. The lowest BCUT2D eigenvalue weighted by Crippen LogP contribution is -2.07. The fourth-order valence-corrected chi connectivity index (χ4v) is 2.09. The molecule has 0 N–H and O–H groups in total. The largest absolute Gasteiger partial charge is 0.294 e. The highest BCUT2D eigenvalue weighted by Gasteiger charge is 2.13. The summed E-state index contributed by atoms with van der Waals surface area (Å²) in [5.41, 5.74) is 1.79. The summed E-state index contributed by atoms with van der Waals surface area (Å²) in [4.78, 5) is 12.0. The van der Waals surface area contributed by atoms with Crippen LogP contribution in [0, 0.1) is 12.8 Å². The van der Waals surface area contributed by atoms with E-state index in [1.165, 1.54) is 0 Å². The fourth-order valence-electron chi connectivity index (χ4n) is 1.92. The second-order valence-corrected chi connectivity index (χ2v) is 4.92. The summed E-state index contributed by atoms with van der Waals surface area (Å²) in [7, 11) is 0. The number of carbonyl (C=O) groups excluding carboxylic acids is 1. The molecular formula is C14H19ClO. The van der Waals surface area contributed by atoms with E-state index in [2.05, 4.69) is 13.8 Å². The molecule has 0 spiro atoms. The highest BCUT2D eigenvalue weighted by molar-refractivity contribution is 6.31. The van der Waals surface area contributed by atoms with Crippen LogP contribution in [-0.4, -0.2) is 5.78 Å². The Labute approximate surface area is 103 Å². The first-order valence-electron chi connectivity index (χ1n) is 5.84. The third kappa shape index (κ3) is 3.64. The lowest BCUT2D eigenvalue weighted by Gasteiger charge is -2.10. The van der Waals surface area contributed by atoms with Crippen LogP contribution in [0.4, 0.5) is 0 Å². The van der Waals surface area contributed by atoms with Crippen LogP contribution in [0.25, 0.3) is 0 Å². The number of hydrogen-bond acceptors (Lipinski definition) is 1. The normalized spacial score (nSPS) is 12.5. The first-order chi connectivity index (χ1) is 7.54. The van der Waals surface area contributed by atoms with Gasteiger partial charge in [-0.05, 0) is 30.5 Å². The van der Waals surface area contributed by atoms with Crippen LogP contribution in [0.2, 0.25) is 5.02 Å². The van der Waals surface area contributed by atoms with Crippen LogP contribution in [0.1, 0.15) is 49.0 Å². The van der Waals surface area contributed by atoms with Crippen molar-refractivity contribution in [2.75, 3.05) is 0 Å². The summed E-state index contributed by atoms with van der Waals surface area (Å²) in [5.74, 6) is 0.664. The molecule has 2 heteroatoms. The van der Waals surface area contributed by atoms with Gasteiger partial charge in [-0.3, -0.25) is 4.79 Å². The van der Waals surface area contributed by atoms with E-state index in [1.807, 2.05) is 19.1 Å². The molecule has 88 valence electrons. The number of aryl methyl sites for hydroxylation is 1. The van der Waals surface area contributed by atoms with Gasteiger partial charge < -0.3 is 0 Å². The van der Waals surface area contributed by atoms with E-state index in [0.29, 0.717) is 17.4 Å². The maximum absolute atomic E-state index is 12.0. The van der Waals surface area contributed by atoms with Gasteiger partial charge in [0.1, 0.15) is 0 Å². The van der Waals surface area contributed by atoms with Gasteiger partial charge in [0, 0.05) is 17.0 Å². The second kappa shape index (κ2) is 6.05. The van der Waals surface area contributed by atoms with Gasteiger partial charge in [0.2, 0.25) is 0 Å². The van der Waals surface area contributed by atoms with Crippen LogP contribution in [0.15, 0.2) is 18.2 Å². The Balaban J connectivity index is 2.76. The Morgan fingerprint density at radius 3 is 2.75 bits per heavy atom. The number of benzene rings is 1. The Hall–Kier alpha value is -0.820. The topological polar surface area (TPSA) is 17.1 Å². The van der Waals surface area contributed by atoms with Gasteiger partial charge in [0.15, 0.2) is 5.78 Å². The highest BCUT2D eigenvalue weighted by Crippen LogP contribution is 2.20. The molecule has 0 saturated carbocycles. The molecule has 0 aliphatic rings. The summed E-state index contributed by atoms with van der Waals surface area (Å²) in [6, 6.07) is 5.50. The average Bonchev–Trinajstić information content (AvgIpc) is 2.21. The van der Waals surface area contributed by atoms with E-state index in [9.17, 15) is 4.79 Å². The SMILES string of the molecule is CCCC(C)CC(=O)c1cc(Cl)ccc1C. The summed E-state index contributed by atoms with van der Waals surface area (Å²) >= 11 is 5.91. The van der Waals surface area contributed by atoms with Crippen molar-refractivity contribution in [3.8, 4) is 0 Å². The first-order valence-corrected chi connectivity index (χ1v) is 6.21. The van der Waals surface area contributed by atoms with Crippen molar-refractivity contribution < 1.29 is 4.79 Å². The highest BCUT2D eigenvalue weighted by atomic mass is 35.5. The zero-order valence-corrected chi connectivity index (χ0v) is 11.0. The average molecular weight is 239 g/mol. The molecule has 0 saturated heterocycles. The van der Waals surface area contributed by atoms with E-state index in [-0.39, 0.29) is 5.78 Å². The minimum atomic E-state index is 0.209. The Kier molecular flexibility index (Phi) is 5.01. The van der Waals surface area contributed by atoms with Gasteiger partial charge >= 0.3 is 0 Å². The molecule has 0 aliphatic heterocycles. The van der Waals surface area contributed by atoms with E-state index in [1.54, 1.807) is 6.07 Å². The van der Waals surface area contributed by atoms with Crippen molar-refractivity contribution in [2.45, 2.75) is 40.0 Å². The number of hydrogen-bond donors (Lipinski definition) is 0. The van der Waals surface area contributed by atoms with E-state index >= 15 is 0 Å². The molecule has 0 aliphatic carbocycles. The molecule has 1 nitrogen and oxygen atoms in total. The Bertz CT molecular complexity index is 371. The molecule has 1 rings (SSSR count). The molecular weight excluding hydrogens is 220 g/mol. The van der Waals surface area contributed by atoms with Crippen LogP contribution < -0.4 is 0 Å². The smallest absolute Gasteiger partial charge is 0.163 e. The Morgan fingerprint density at radius 2 is 2.12 bits per heavy atom. The van der Waals surface area contributed by atoms with Gasteiger partial charge in [-0.25, -0.2) is 0 Å². The fraction of sp³-hybridized carbons (Fsp3) is 0.500. The van der Waals surface area contributed by atoms with Crippen molar-refractivity contribution in [1.82, 2.24) is 0 Å². The van der Waals surface area contributed by atoms with Crippen molar-refractivity contribution >= 4 is 17.4 Å². The molecule has 16 heavy (non-hydrogen) atoms. The monoisotopic (exact) mass is 238 g/mol. The summed E-state index contributed by atoms with van der Waals surface area (Å²) in [6.07, 6.45) is 2.85. The first kappa shape index (κ1) is 13.2. The molecule has 0 heterocycles. The number of Topliss-reactive ketones (excluding diaryl/α,β-unsaturated/α-hetero) is 1. The van der Waals surface area contributed by atoms with E-state index in [4.69, 9.17) is 11.6 Å². The zero-order chi connectivity index (χ0) is 12.1. The maximum Gasteiger partial charge on any atom is 0.163 e. The third-order valence-electron chi connectivity index (χ3n) is 2.82. The molecule has 1 aromatic rings. The summed E-state index contributed by atoms with van der Waals surface area (Å²) in [5, 5.41) is 0.636. The number of rotatable bonds is 5. The number of ketones is 1. The van der Waals surface area contributed by atoms with Gasteiger partial charge in [0.25, 0.3) is 0 Å². The number of carbonyl (C=O) groups is 1. The van der Waals surface area contributed by atoms with E-state index in [0.717, 1.165) is 24.0 Å². The number of halogens is 1. The lowest BCUT2D eigenvalue weighted by atomic mass is 9.94.